The van der Waals surface area contributed by atoms with E-state index in [1.54, 1.807) is 11.1 Å². The van der Waals surface area contributed by atoms with Crippen molar-refractivity contribution < 1.29 is 14.0 Å². The van der Waals surface area contributed by atoms with E-state index in [0.717, 1.165) is 55.2 Å². The van der Waals surface area contributed by atoms with Gasteiger partial charge in [-0.1, -0.05) is 6.07 Å². The van der Waals surface area contributed by atoms with Crippen molar-refractivity contribution in [1.82, 2.24) is 24.6 Å². The van der Waals surface area contributed by atoms with E-state index in [1.165, 1.54) is 10.8 Å². The third-order valence-electron chi connectivity index (χ3n) is 6.51. The zero-order valence-corrected chi connectivity index (χ0v) is 17.6. The monoisotopic (exact) mass is 423 g/mol. The van der Waals surface area contributed by atoms with Gasteiger partial charge >= 0.3 is 0 Å². The molecule has 2 aliphatic rings. The highest BCUT2D eigenvalue weighted by Gasteiger charge is 2.37. The quantitative estimate of drug-likeness (QED) is 0.638. The lowest BCUT2D eigenvalue weighted by atomic mass is 9.79. The van der Waals surface area contributed by atoms with Crippen LogP contribution in [0.25, 0.3) is 5.65 Å². The SMILES string of the molecule is Cc1cncc([C@@H]2CCON2C(=O)C2CCC(Cc3cc(F)c4ncnn4c3)CC2)c1. The molecule has 1 saturated carbocycles. The van der Waals surface area contributed by atoms with Crippen molar-refractivity contribution in [2.45, 2.75) is 51.5 Å². The van der Waals surface area contributed by atoms with Crippen LogP contribution in [0.2, 0.25) is 0 Å². The first-order valence-electron chi connectivity index (χ1n) is 10.9. The Balaban J connectivity index is 1.21. The normalized spacial score (nSPS) is 24.1. The number of rotatable bonds is 4. The summed E-state index contributed by atoms with van der Waals surface area (Å²) in [6, 6.07) is 3.57. The summed E-state index contributed by atoms with van der Waals surface area (Å²) < 4.78 is 15.7. The molecule has 1 amide bonds. The first kappa shape index (κ1) is 20.1. The molecule has 3 aromatic rings. The smallest absolute Gasteiger partial charge is 0.249 e. The summed E-state index contributed by atoms with van der Waals surface area (Å²) in [5.41, 5.74) is 3.28. The van der Waals surface area contributed by atoms with Crippen molar-refractivity contribution in [2.24, 2.45) is 11.8 Å². The summed E-state index contributed by atoms with van der Waals surface area (Å²) in [6.07, 6.45) is 12.0. The highest BCUT2D eigenvalue weighted by atomic mass is 19.1. The van der Waals surface area contributed by atoms with Crippen LogP contribution in [0.3, 0.4) is 0 Å². The van der Waals surface area contributed by atoms with E-state index in [0.29, 0.717) is 12.5 Å². The van der Waals surface area contributed by atoms with Crippen molar-refractivity contribution >= 4 is 11.6 Å². The van der Waals surface area contributed by atoms with Gasteiger partial charge in [-0.05, 0) is 67.7 Å². The molecule has 2 fully saturated rings. The molecule has 5 rings (SSSR count). The summed E-state index contributed by atoms with van der Waals surface area (Å²) in [4.78, 5) is 27.2. The molecule has 8 heteroatoms. The van der Waals surface area contributed by atoms with Crippen LogP contribution in [0.1, 0.15) is 54.8 Å². The van der Waals surface area contributed by atoms with Crippen LogP contribution in [0.15, 0.2) is 37.1 Å². The van der Waals surface area contributed by atoms with Gasteiger partial charge in [-0.2, -0.15) is 5.10 Å². The lowest BCUT2D eigenvalue weighted by molar-refractivity contribution is -0.183. The molecule has 0 aromatic carbocycles. The van der Waals surface area contributed by atoms with E-state index in [4.69, 9.17) is 4.84 Å². The number of nitrogens with zero attached hydrogens (tertiary/aromatic N) is 5. The number of pyridine rings is 2. The summed E-state index contributed by atoms with van der Waals surface area (Å²) in [5, 5.41) is 5.64. The summed E-state index contributed by atoms with van der Waals surface area (Å²) in [5.74, 6) is 0.143. The first-order chi connectivity index (χ1) is 15.1. The fraction of sp³-hybridized carbons (Fsp3) is 0.478. The molecule has 162 valence electrons. The molecular weight excluding hydrogens is 397 g/mol. The standard InChI is InChI=1S/C23H26FN5O2/c1-15-8-19(12-25-11-15)21-6-7-31-29(21)23(30)18-4-2-16(3-5-18)9-17-10-20(24)22-26-14-27-28(22)13-17/h8,10-14,16,18,21H,2-7,9H2,1H3/t16?,18?,21-/m0/s1. The van der Waals surface area contributed by atoms with E-state index in [2.05, 4.69) is 21.1 Å². The maximum absolute atomic E-state index is 14.2. The summed E-state index contributed by atoms with van der Waals surface area (Å²) in [6.45, 7) is 2.56. The average Bonchev–Trinajstić information content (AvgIpc) is 3.44. The van der Waals surface area contributed by atoms with Crippen molar-refractivity contribution in [1.29, 1.82) is 0 Å². The van der Waals surface area contributed by atoms with Crippen molar-refractivity contribution in [3.8, 4) is 0 Å². The summed E-state index contributed by atoms with van der Waals surface area (Å²) >= 11 is 0. The van der Waals surface area contributed by atoms with Gasteiger partial charge in [0.25, 0.3) is 0 Å². The van der Waals surface area contributed by atoms with Gasteiger partial charge in [0.15, 0.2) is 11.5 Å². The number of carbonyl (C=O) groups is 1. The zero-order valence-electron chi connectivity index (χ0n) is 17.6. The molecule has 0 N–H and O–H groups in total. The average molecular weight is 423 g/mol. The van der Waals surface area contributed by atoms with Crippen LogP contribution in [0.5, 0.6) is 0 Å². The molecule has 4 heterocycles. The number of halogens is 1. The lowest BCUT2D eigenvalue weighted by Crippen LogP contribution is -2.36. The van der Waals surface area contributed by atoms with Crippen LogP contribution in [-0.2, 0) is 16.1 Å². The number of hydroxylamine groups is 2. The van der Waals surface area contributed by atoms with E-state index in [9.17, 15) is 9.18 Å². The van der Waals surface area contributed by atoms with Crippen molar-refractivity contribution in [2.75, 3.05) is 6.61 Å². The van der Waals surface area contributed by atoms with Gasteiger partial charge < -0.3 is 0 Å². The molecule has 7 nitrogen and oxygen atoms in total. The van der Waals surface area contributed by atoms with E-state index < -0.39 is 0 Å². The van der Waals surface area contributed by atoms with E-state index in [-0.39, 0.29) is 29.3 Å². The Morgan fingerprint density at radius 1 is 1.19 bits per heavy atom. The summed E-state index contributed by atoms with van der Waals surface area (Å²) in [7, 11) is 0. The van der Waals surface area contributed by atoms with Crippen molar-refractivity contribution in [3.63, 3.8) is 0 Å². The molecule has 0 radical (unpaired) electrons. The molecule has 1 saturated heterocycles. The lowest BCUT2D eigenvalue weighted by Gasteiger charge is -2.32. The minimum Gasteiger partial charge on any atom is -0.272 e. The Hall–Kier alpha value is -2.87. The minimum absolute atomic E-state index is 0.0239. The van der Waals surface area contributed by atoms with Gasteiger partial charge in [0.05, 0.1) is 12.6 Å². The highest BCUT2D eigenvalue weighted by Crippen LogP contribution is 2.37. The number of hydrogen-bond acceptors (Lipinski definition) is 5. The largest absolute Gasteiger partial charge is 0.272 e. The van der Waals surface area contributed by atoms with E-state index >= 15 is 0 Å². The molecule has 1 aliphatic heterocycles. The number of aromatic nitrogens is 4. The topological polar surface area (TPSA) is 72.6 Å². The molecule has 0 unspecified atom stereocenters. The number of amides is 1. The Kier molecular flexibility index (Phi) is 5.40. The second kappa shape index (κ2) is 8.34. The third kappa shape index (κ3) is 4.04. The number of carbonyl (C=O) groups excluding carboxylic acids is 1. The fourth-order valence-electron chi connectivity index (χ4n) is 4.93. The number of fused-ring (bicyclic) bond motifs is 1. The third-order valence-corrected chi connectivity index (χ3v) is 6.51. The Morgan fingerprint density at radius 3 is 2.84 bits per heavy atom. The number of aryl methyl sites for hydroxylation is 1. The maximum Gasteiger partial charge on any atom is 0.249 e. The van der Waals surface area contributed by atoms with Crippen LogP contribution < -0.4 is 0 Å². The molecule has 3 aromatic heterocycles. The van der Waals surface area contributed by atoms with Crippen LogP contribution in [0, 0.1) is 24.6 Å². The van der Waals surface area contributed by atoms with Gasteiger partial charge in [0.1, 0.15) is 6.33 Å². The predicted molar refractivity (Wildman–Crippen MR) is 111 cm³/mol. The molecular formula is C23H26FN5O2. The van der Waals surface area contributed by atoms with Gasteiger partial charge in [0, 0.05) is 30.9 Å². The molecule has 0 spiro atoms. The molecule has 31 heavy (non-hydrogen) atoms. The second-order valence-electron chi connectivity index (χ2n) is 8.74. The van der Waals surface area contributed by atoms with E-state index in [1.807, 2.05) is 25.5 Å². The molecule has 1 atom stereocenters. The Morgan fingerprint density at radius 2 is 2.03 bits per heavy atom. The predicted octanol–water partition coefficient (Wildman–Crippen LogP) is 3.83. The second-order valence-corrected chi connectivity index (χ2v) is 8.74. The zero-order chi connectivity index (χ0) is 21.4. The van der Waals surface area contributed by atoms with Crippen LogP contribution in [0.4, 0.5) is 4.39 Å². The highest BCUT2D eigenvalue weighted by molar-refractivity contribution is 5.78. The van der Waals surface area contributed by atoms with Gasteiger partial charge in [-0.25, -0.2) is 19.0 Å². The number of hydrogen-bond donors (Lipinski definition) is 0. The van der Waals surface area contributed by atoms with Gasteiger partial charge in [-0.15, -0.1) is 0 Å². The molecule has 0 bridgehead atoms. The van der Waals surface area contributed by atoms with Gasteiger partial charge in [-0.3, -0.25) is 14.6 Å². The fourth-order valence-corrected chi connectivity index (χ4v) is 4.93. The van der Waals surface area contributed by atoms with Crippen LogP contribution >= 0.6 is 0 Å². The van der Waals surface area contributed by atoms with Crippen molar-refractivity contribution in [3.05, 3.63) is 59.6 Å². The Labute approximate surface area is 180 Å². The minimum atomic E-state index is -0.346. The first-order valence-corrected chi connectivity index (χ1v) is 10.9. The Bertz CT molecular complexity index is 1090. The van der Waals surface area contributed by atoms with Crippen LogP contribution in [-0.4, -0.2) is 37.2 Å². The van der Waals surface area contributed by atoms with Gasteiger partial charge in [0.2, 0.25) is 5.91 Å². The molecule has 1 aliphatic carbocycles. The maximum atomic E-state index is 14.2.